The monoisotopic (exact) mass is 309 g/mol. The van der Waals surface area contributed by atoms with Crippen LogP contribution >= 0.6 is 22.9 Å². The maximum atomic E-state index is 12.1. The van der Waals surface area contributed by atoms with E-state index in [-0.39, 0.29) is 11.5 Å². The molecule has 0 fully saturated rings. The van der Waals surface area contributed by atoms with E-state index in [1.54, 1.807) is 24.4 Å². The van der Waals surface area contributed by atoms with E-state index in [1.807, 2.05) is 6.92 Å². The fourth-order valence-corrected chi connectivity index (χ4v) is 2.94. The van der Waals surface area contributed by atoms with Crippen molar-refractivity contribution in [2.75, 3.05) is 5.32 Å². The predicted molar refractivity (Wildman–Crippen MR) is 80.2 cm³/mol. The van der Waals surface area contributed by atoms with Crippen molar-refractivity contribution < 1.29 is 14.7 Å². The molecule has 4 nitrogen and oxygen atoms in total. The van der Waals surface area contributed by atoms with Gasteiger partial charge in [0.25, 0.3) is 5.91 Å². The molecule has 0 aliphatic rings. The Balaban J connectivity index is 2.31. The van der Waals surface area contributed by atoms with Gasteiger partial charge in [0, 0.05) is 5.69 Å². The topological polar surface area (TPSA) is 66.4 Å². The molecule has 0 spiro atoms. The van der Waals surface area contributed by atoms with E-state index in [1.165, 1.54) is 17.4 Å². The van der Waals surface area contributed by atoms with Crippen LogP contribution in [0.25, 0.3) is 0 Å². The van der Waals surface area contributed by atoms with Gasteiger partial charge in [-0.2, -0.15) is 0 Å². The van der Waals surface area contributed by atoms with Crippen molar-refractivity contribution in [1.82, 2.24) is 0 Å². The van der Waals surface area contributed by atoms with E-state index in [0.717, 1.165) is 5.56 Å². The molecule has 104 valence electrons. The zero-order valence-corrected chi connectivity index (χ0v) is 12.4. The zero-order chi connectivity index (χ0) is 14.9. The summed E-state index contributed by atoms with van der Waals surface area (Å²) in [6, 6.07) is 4.75. The highest BCUT2D eigenvalue weighted by atomic mass is 35.5. The molecule has 0 aliphatic carbocycles. The lowest BCUT2D eigenvalue weighted by molar-refractivity contribution is 0.0695. The molecule has 1 heterocycles. The Morgan fingerprint density at radius 2 is 2.00 bits per heavy atom. The van der Waals surface area contributed by atoms with Gasteiger partial charge in [-0.15, -0.1) is 11.3 Å². The van der Waals surface area contributed by atoms with Gasteiger partial charge in [-0.25, -0.2) is 4.79 Å². The Labute approximate surface area is 125 Å². The first kappa shape index (κ1) is 14.6. The van der Waals surface area contributed by atoms with Crippen molar-refractivity contribution in [2.45, 2.75) is 13.8 Å². The average Bonchev–Trinajstić information content (AvgIpc) is 2.72. The third-order valence-electron chi connectivity index (χ3n) is 2.92. The molecule has 2 N–H and O–H groups in total. The van der Waals surface area contributed by atoms with E-state index >= 15 is 0 Å². The number of thiophene rings is 1. The van der Waals surface area contributed by atoms with Gasteiger partial charge in [0.15, 0.2) is 0 Å². The summed E-state index contributed by atoms with van der Waals surface area (Å²) in [5.41, 5.74) is 1.99. The van der Waals surface area contributed by atoms with E-state index < -0.39 is 5.97 Å². The van der Waals surface area contributed by atoms with E-state index in [0.29, 0.717) is 21.2 Å². The Bertz CT molecular complexity index is 694. The first-order chi connectivity index (χ1) is 9.41. The van der Waals surface area contributed by atoms with Crippen LogP contribution in [-0.4, -0.2) is 17.0 Å². The second-order valence-corrected chi connectivity index (χ2v) is 5.56. The van der Waals surface area contributed by atoms with Gasteiger partial charge in [-0.3, -0.25) is 4.79 Å². The predicted octanol–water partition coefficient (Wildman–Crippen LogP) is 3.97. The summed E-state index contributed by atoms with van der Waals surface area (Å²) in [6.07, 6.45) is 0. The third-order valence-corrected chi connectivity index (χ3v) is 4.61. The van der Waals surface area contributed by atoms with Crippen LogP contribution in [-0.2, 0) is 0 Å². The van der Waals surface area contributed by atoms with Crippen LogP contribution in [0.15, 0.2) is 23.6 Å². The summed E-state index contributed by atoms with van der Waals surface area (Å²) in [5, 5.41) is 14.0. The number of hydrogen-bond acceptors (Lipinski definition) is 3. The molecule has 0 saturated carbocycles. The number of amides is 1. The number of rotatable bonds is 3. The highest BCUT2D eigenvalue weighted by Crippen LogP contribution is 2.28. The minimum Gasteiger partial charge on any atom is -0.478 e. The lowest BCUT2D eigenvalue weighted by Gasteiger charge is -2.09. The molecule has 2 rings (SSSR count). The van der Waals surface area contributed by atoms with Crippen LogP contribution in [0.5, 0.6) is 0 Å². The number of carboxylic acid groups (broad SMARTS) is 1. The van der Waals surface area contributed by atoms with Crippen molar-refractivity contribution in [2.24, 2.45) is 0 Å². The van der Waals surface area contributed by atoms with E-state index in [2.05, 4.69) is 5.32 Å². The summed E-state index contributed by atoms with van der Waals surface area (Å²) >= 11 is 7.31. The van der Waals surface area contributed by atoms with Gasteiger partial charge >= 0.3 is 5.97 Å². The average molecular weight is 310 g/mol. The molecule has 20 heavy (non-hydrogen) atoms. The fraction of sp³-hybridized carbons (Fsp3) is 0.143. The lowest BCUT2D eigenvalue weighted by Crippen LogP contribution is -2.13. The highest BCUT2D eigenvalue weighted by Gasteiger charge is 2.17. The van der Waals surface area contributed by atoms with Gasteiger partial charge in [0.05, 0.1) is 10.6 Å². The SMILES string of the molecule is Cc1csc(C(=O)Nc2cccc(C(=O)O)c2C)c1Cl. The minimum atomic E-state index is -1.02. The fourth-order valence-electron chi connectivity index (χ4n) is 1.76. The first-order valence-corrected chi connectivity index (χ1v) is 7.05. The molecule has 1 amide bonds. The van der Waals surface area contributed by atoms with Crippen LogP contribution in [0.4, 0.5) is 5.69 Å². The Kier molecular flexibility index (Phi) is 4.11. The van der Waals surface area contributed by atoms with Crippen molar-refractivity contribution in [3.8, 4) is 0 Å². The first-order valence-electron chi connectivity index (χ1n) is 5.79. The molecule has 0 bridgehead atoms. The zero-order valence-electron chi connectivity index (χ0n) is 10.9. The van der Waals surface area contributed by atoms with Gasteiger partial charge < -0.3 is 10.4 Å². The maximum absolute atomic E-state index is 12.1. The Morgan fingerprint density at radius 3 is 2.55 bits per heavy atom. The number of aryl methyl sites for hydroxylation is 1. The molecule has 6 heteroatoms. The minimum absolute atomic E-state index is 0.163. The second-order valence-electron chi connectivity index (χ2n) is 4.30. The molecule has 0 radical (unpaired) electrons. The molecule has 1 aromatic carbocycles. The van der Waals surface area contributed by atoms with Crippen LogP contribution < -0.4 is 5.32 Å². The molecular formula is C14H12ClNO3S. The molecule has 0 saturated heterocycles. The van der Waals surface area contributed by atoms with Crippen molar-refractivity contribution in [3.05, 3.63) is 50.2 Å². The van der Waals surface area contributed by atoms with Crippen LogP contribution in [0.1, 0.15) is 31.2 Å². The molecule has 0 unspecified atom stereocenters. The van der Waals surface area contributed by atoms with Crippen LogP contribution in [0.2, 0.25) is 5.02 Å². The molecule has 0 aliphatic heterocycles. The van der Waals surface area contributed by atoms with E-state index in [9.17, 15) is 9.59 Å². The summed E-state index contributed by atoms with van der Waals surface area (Å²) in [5.74, 6) is -1.36. The highest BCUT2D eigenvalue weighted by molar-refractivity contribution is 7.13. The van der Waals surface area contributed by atoms with Gasteiger partial charge in [0.1, 0.15) is 4.88 Å². The van der Waals surface area contributed by atoms with Crippen molar-refractivity contribution in [3.63, 3.8) is 0 Å². The maximum Gasteiger partial charge on any atom is 0.336 e. The van der Waals surface area contributed by atoms with Gasteiger partial charge in [-0.05, 0) is 42.5 Å². The standard InChI is InChI=1S/C14H12ClNO3S/c1-7-6-20-12(11(7)15)13(17)16-10-5-3-4-9(8(10)2)14(18)19/h3-6H,1-2H3,(H,16,17)(H,18,19). The van der Waals surface area contributed by atoms with Gasteiger partial charge in [-0.1, -0.05) is 17.7 Å². The number of benzene rings is 1. The van der Waals surface area contributed by atoms with Gasteiger partial charge in [0.2, 0.25) is 0 Å². The van der Waals surface area contributed by atoms with Crippen LogP contribution in [0, 0.1) is 13.8 Å². The summed E-state index contributed by atoms with van der Waals surface area (Å²) < 4.78 is 0. The summed E-state index contributed by atoms with van der Waals surface area (Å²) in [4.78, 5) is 23.6. The largest absolute Gasteiger partial charge is 0.478 e. The number of nitrogens with one attached hydrogen (secondary N) is 1. The van der Waals surface area contributed by atoms with Crippen molar-refractivity contribution >= 4 is 40.5 Å². The number of hydrogen-bond donors (Lipinski definition) is 2. The Hall–Kier alpha value is -1.85. The molecule has 2 aromatic rings. The summed E-state index contributed by atoms with van der Waals surface area (Å²) in [6.45, 7) is 3.48. The molecular weight excluding hydrogens is 298 g/mol. The number of anilines is 1. The molecule has 0 atom stereocenters. The molecule has 1 aromatic heterocycles. The summed E-state index contributed by atoms with van der Waals surface area (Å²) in [7, 11) is 0. The Morgan fingerprint density at radius 1 is 1.30 bits per heavy atom. The number of carbonyl (C=O) groups excluding carboxylic acids is 1. The number of carboxylic acids is 1. The third kappa shape index (κ3) is 2.69. The number of carbonyl (C=O) groups is 2. The van der Waals surface area contributed by atoms with E-state index in [4.69, 9.17) is 16.7 Å². The van der Waals surface area contributed by atoms with Crippen molar-refractivity contribution in [1.29, 1.82) is 0 Å². The smallest absolute Gasteiger partial charge is 0.336 e. The number of aromatic carboxylic acids is 1. The number of halogens is 1. The normalized spacial score (nSPS) is 10.3. The quantitative estimate of drug-likeness (QED) is 0.901. The van der Waals surface area contributed by atoms with Crippen LogP contribution in [0.3, 0.4) is 0 Å². The lowest BCUT2D eigenvalue weighted by atomic mass is 10.1. The second kappa shape index (κ2) is 5.64.